The Balaban J connectivity index is 1.17. The van der Waals surface area contributed by atoms with Crippen LogP contribution in [0.25, 0.3) is 10.1 Å². The van der Waals surface area contributed by atoms with Gasteiger partial charge in [-0.2, -0.15) is 4.37 Å². The fourth-order valence-corrected chi connectivity index (χ4v) is 4.58. The van der Waals surface area contributed by atoms with Gasteiger partial charge in [0.2, 0.25) is 0 Å². The number of hydrogen-bond donors (Lipinski definition) is 2. The molecule has 1 aromatic heterocycles. The summed E-state index contributed by atoms with van der Waals surface area (Å²) >= 11 is 1.57. The number of aromatic nitrogens is 1. The van der Waals surface area contributed by atoms with Crippen LogP contribution in [-0.2, 0) is 6.54 Å². The Morgan fingerprint density at radius 3 is 2.81 bits per heavy atom. The molecule has 0 radical (unpaired) electrons. The second kappa shape index (κ2) is 9.31. The minimum atomic E-state index is 0.613. The maximum absolute atomic E-state index is 4.54. The van der Waals surface area contributed by atoms with Gasteiger partial charge < -0.3 is 10.6 Å². The van der Waals surface area contributed by atoms with Crippen molar-refractivity contribution >= 4 is 27.4 Å². The molecular weight excluding hydrogens is 352 g/mol. The summed E-state index contributed by atoms with van der Waals surface area (Å²) in [5.41, 5.74) is 1.41. The number of nitrogens with one attached hydrogen (secondary N) is 2. The monoisotopic (exact) mass is 380 g/mol. The van der Waals surface area contributed by atoms with E-state index >= 15 is 0 Å². The maximum Gasteiger partial charge on any atom is 0.147 e. The predicted octanol–water partition coefficient (Wildman–Crippen LogP) is 4.35. The standard InChI is InChI=1S/C22H28N4S/c1-2-8-18(9-3-1)16-26-15-6-10-19(17-26)23-13-7-14-24-22-20-11-4-5-12-21(20)27-25-22/h1-5,8-9,11-12,19,23H,6-7,10,13-17H2,(H,24,25). The highest BCUT2D eigenvalue weighted by molar-refractivity contribution is 7.13. The van der Waals surface area contributed by atoms with E-state index in [4.69, 9.17) is 0 Å². The van der Waals surface area contributed by atoms with Crippen molar-refractivity contribution < 1.29 is 0 Å². The van der Waals surface area contributed by atoms with E-state index < -0.39 is 0 Å². The molecule has 0 bridgehead atoms. The van der Waals surface area contributed by atoms with Gasteiger partial charge in [0, 0.05) is 31.1 Å². The van der Waals surface area contributed by atoms with Crippen LogP contribution >= 0.6 is 11.5 Å². The van der Waals surface area contributed by atoms with Crippen LogP contribution in [0.2, 0.25) is 0 Å². The van der Waals surface area contributed by atoms with Crippen LogP contribution in [0.4, 0.5) is 5.82 Å². The van der Waals surface area contributed by atoms with Crippen molar-refractivity contribution in [1.82, 2.24) is 14.6 Å². The lowest BCUT2D eigenvalue weighted by Gasteiger charge is -2.33. The summed E-state index contributed by atoms with van der Waals surface area (Å²) in [7, 11) is 0. The van der Waals surface area contributed by atoms with E-state index in [1.807, 2.05) is 0 Å². The Morgan fingerprint density at radius 2 is 1.89 bits per heavy atom. The van der Waals surface area contributed by atoms with Gasteiger partial charge in [-0.3, -0.25) is 4.90 Å². The minimum absolute atomic E-state index is 0.613. The first-order chi connectivity index (χ1) is 13.4. The van der Waals surface area contributed by atoms with Crippen LogP contribution in [0.1, 0.15) is 24.8 Å². The van der Waals surface area contributed by atoms with Crippen molar-refractivity contribution in [1.29, 1.82) is 0 Å². The number of anilines is 1. The van der Waals surface area contributed by atoms with Crippen molar-refractivity contribution in [3.8, 4) is 0 Å². The quantitative estimate of drug-likeness (QED) is 0.570. The topological polar surface area (TPSA) is 40.2 Å². The first-order valence-electron chi connectivity index (χ1n) is 9.96. The molecule has 5 heteroatoms. The number of nitrogens with zero attached hydrogens (tertiary/aromatic N) is 2. The van der Waals surface area contributed by atoms with E-state index in [0.29, 0.717) is 6.04 Å². The van der Waals surface area contributed by atoms with E-state index in [9.17, 15) is 0 Å². The Morgan fingerprint density at radius 1 is 1.04 bits per heavy atom. The molecule has 1 aliphatic heterocycles. The average Bonchev–Trinajstić information content (AvgIpc) is 3.12. The zero-order chi connectivity index (χ0) is 18.3. The van der Waals surface area contributed by atoms with Gasteiger partial charge in [-0.15, -0.1) is 0 Å². The van der Waals surface area contributed by atoms with Gasteiger partial charge in [-0.05, 0) is 61.6 Å². The summed E-state index contributed by atoms with van der Waals surface area (Å²) in [5.74, 6) is 1.03. The highest BCUT2D eigenvalue weighted by Gasteiger charge is 2.19. The summed E-state index contributed by atoms with van der Waals surface area (Å²) in [6, 6.07) is 19.8. The molecule has 1 saturated heterocycles. The van der Waals surface area contributed by atoms with E-state index in [-0.39, 0.29) is 0 Å². The molecule has 1 unspecified atom stereocenters. The van der Waals surface area contributed by atoms with Crippen molar-refractivity contribution in [2.75, 3.05) is 31.5 Å². The number of hydrogen-bond acceptors (Lipinski definition) is 5. The molecule has 1 aliphatic rings. The average molecular weight is 381 g/mol. The largest absolute Gasteiger partial charge is 0.369 e. The fourth-order valence-electron chi connectivity index (χ4n) is 3.82. The third kappa shape index (κ3) is 5.06. The second-order valence-electron chi connectivity index (χ2n) is 7.32. The molecular formula is C22H28N4S. The minimum Gasteiger partial charge on any atom is -0.369 e. The Hall–Kier alpha value is -1.95. The first kappa shape index (κ1) is 18.4. The summed E-state index contributed by atoms with van der Waals surface area (Å²) in [4.78, 5) is 2.58. The molecule has 3 aromatic rings. The normalized spacial score (nSPS) is 18.0. The zero-order valence-corrected chi connectivity index (χ0v) is 16.5. The molecule has 4 rings (SSSR count). The van der Waals surface area contributed by atoms with Crippen LogP contribution in [0, 0.1) is 0 Å². The van der Waals surface area contributed by atoms with Crippen molar-refractivity contribution in [3.63, 3.8) is 0 Å². The van der Waals surface area contributed by atoms with Gasteiger partial charge in [-0.25, -0.2) is 0 Å². The lowest BCUT2D eigenvalue weighted by Crippen LogP contribution is -2.45. The van der Waals surface area contributed by atoms with Crippen LogP contribution in [-0.4, -0.2) is 41.5 Å². The van der Waals surface area contributed by atoms with Gasteiger partial charge in [0.1, 0.15) is 5.82 Å². The van der Waals surface area contributed by atoms with Crippen LogP contribution in [0.15, 0.2) is 54.6 Å². The highest BCUT2D eigenvalue weighted by atomic mass is 32.1. The Bertz CT molecular complexity index is 832. The van der Waals surface area contributed by atoms with E-state index in [1.165, 1.54) is 35.0 Å². The zero-order valence-electron chi connectivity index (χ0n) is 15.7. The number of benzene rings is 2. The van der Waals surface area contributed by atoms with Crippen LogP contribution in [0.3, 0.4) is 0 Å². The number of piperidine rings is 1. The third-order valence-corrected chi connectivity index (χ3v) is 6.04. The molecule has 2 N–H and O–H groups in total. The van der Waals surface area contributed by atoms with E-state index in [0.717, 1.165) is 38.4 Å². The van der Waals surface area contributed by atoms with Gasteiger partial charge in [0.15, 0.2) is 0 Å². The number of rotatable bonds is 8. The van der Waals surface area contributed by atoms with Crippen molar-refractivity contribution in [2.24, 2.45) is 0 Å². The summed E-state index contributed by atoms with van der Waals surface area (Å²) < 4.78 is 5.79. The highest BCUT2D eigenvalue weighted by Crippen LogP contribution is 2.25. The molecule has 2 aromatic carbocycles. The Labute approximate surface area is 165 Å². The van der Waals surface area contributed by atoms with E-state index in [2.05, 4.69) is 74.5 Å². The summed E-state index contributed by atoms with van der Waals surface area (Å²) in [6.45, 7) is 5.45. The molecule has 2 heterocycles. The van der Waals surface area contributed by atoms with Crippen LogP contribution in [0.5, 0.6) is 0 Å². The summed E-state index contributed by atoms with van der Waals surface area (Å²) in [6.07, 6.45) is 3.68. The predicted molar refractivity (Wildman–Crippen MR) is 115 cm³/mol. The van der Waals surface area contributed by atoms with Gasteiger partial charge >= 0.3 is 0 Å². The maximum atomic E-state index is 4.54. The smallest absolute Gasteiger partial charge is 0.147 e. The second-order valence-corrected chi connectivity index (χ2v) is 8.13. The molecule has 27 heavy (non-hydrogen) atoms. The lowest BCUT2D eigenvalue weighted by atomic mass is 10.0. The number of likely N-dealkylation sites (tertiary alicyclic amines) is 1. The molecule has 0 amide bonds. The molecule has 4 nitrogen and oxygen atoms in total. The fraction of sp³-hybridized carbons (Fsp3) is 0.409. The SMILES string of the molecule is c1ccc(CN2CCCC(NCCCNc3nsc4ccccc34)C2)cc1. The first-order valence-corrected chi connectivity index (χ1v) is 10.7. The lowest BCUT2D eigenvalue weighted by molar-refractivity contribution is 0.183. The van der Waals surface area contributed by atoms with Gasteiger partial charge in [0.25, 0.3) is 0 Å². The molecule has 142 valence electrons. The Kier molecular flexibility index (Phi) is 6.35. The van der Waals surface area contributed by atoms with Gasteiger partial charge in [0.05, 0.1) is 4.70 Å². The molecule has 0 saturated carbocycles. The van der Waals surface area contributed by atoms with Crippen molar-refractivity contribution in [2.45, 2.75) is 31.8 Å². The number of fused-ring (bicyclic) bond motifs is 1. The summed E-state index contributed by atoms with van der Waals surface area (Å²) in [5, 5.41) is 8.49. The van der Waals surface area contributed by atoms with Crippen LogP contribution < -0.4 is 10.6 Å². The third-order valence-electron chi connectivity index (χ3n) is 5.21. The molecule has 1 fully saturated rings. The van der Waals surface area contributed by atoms with E-state index in [1.54, 1.807) is 11.5 Å². The van der Waals surface area contributed by atoms with Crippen molar-refractivity contribution in [3.05, 3.63) is 60.2 Å². The van der Waals surface area contributed by atoms with Gasteiger partial charge in [-0.1, -0.05) is 42.5 Å². The molecule has 1 atom stereocenters. The molecule has 0 aliphatic carbocycles. The molecule has 0 spiro atoms.